The molecule has 0 bridgehead atoms. The third kappa shape index (κ3) is 1.82. The molecule has 14 heavy (non-hydrogen) atoms. The molecule has 78 valence electrons. The Hall–Kier alpha value is -0.830. The molecule has 1 saturated heterocycles. The lowest BCUT2D eigenvalue weighted by Gasteiger charge is -2.08. The number of aryl methyl sites for hydroxylation is 2. The summed E-state index contributed by atoms with van der Waals surface area (Å²) in [5.74, 6) is 0. The van der Waals surface area contributed by atoms with E-state index in [0.717, 1.165) is 13.0 Å². The van der Waals surface area contributed by atoms with Gasteiger partial charge in [0.25, 0.3) is 0 Å². The molecule has 1 aromatic rings. The van der Waals surface area contributed by atoms with E-state index < -0.39 is 0 Å². The van der Waals surface area contributed by atoms with E-state index in [9.17, 15) is 0 Å². The lowest BCUT2D eigenvalue weighted by atomic mass is 10.0. The zero-order valence-electron chi connectivity index (χ0n) is 9.08. The fraction of sp³-hybridized carbons (Fsp3) is 0.727. The lowest BCUT2D eigenvalue weighted by molar-refractivity contribution is 0.602. The second kappa shape index (κ2) is 4.13. The third-order valence-electron chi connectivity index (χ3n) is 2.85. The number of hydrogen-bond acceptors (Lipinski definition) is 2. The molecule has 3 nitrogen and oxygen atoms in total. The highest BCUT2D eigenvalue weighted by atomic mass is 15.3. The highest BCUT2D eigenvalue weighted by Crippen LogP contribution is 2.25. The Balaban J connectivity index is 2.21. The summed E-state index contributed by atoms with van der Waals surface area (Å²) in [6.45, 7) is 3.37. The molecule has 3 heteroatoms. The zero-order chi connectivity index (χ0) is 9.97. The van der Waals surface area contributed by atoms with Gasteiger partial charge in [-0.05, 0) is 31.4 Å². The van der Waals surface area contributed by atoms with E-state index in [2.05, 4.69) is 23.5 Å². The minimum Gasteiger partial charge on any atom is -0.309 e. The molecule has 0 amide bonds. The molecule has 0 aliphatic carbocycles. The van der Waals surface area contributed by atoms with Gasteiger partial charge in [-0.2, -0.15) is 5.10 Å². The Kier molecular flexibility index (Phi) is 2.87. The second-order valence-electron chi connectivity index (χ2n) is 4.11. The summed E-state index contributed by atoms with van der Waals surface area (Å²) in [6.07, 6.45) is 7.05. The van der Waals surface area contributed by atoms with E-state index >= 15 is 0 Å². The first kappa shape index (κ1) is 9.71. The van der Waals surface area contributed by atoms with Gasteiger partial charge in [0, 0.05) is 13.2 Å². The summed E-state index contributed by atoms with van der Waals surface area (Å²) >= 11 is 0. The van der Waals surface area contributed by atoms with Gasteiger partial charge in [-0.1, -0.05) is 13.3 Å². The SMILES string of the molecule is CCCc1cn(C)nc1C1CCCN1. The summed E-state index contributed by atoms with van der Waals surface area (Å²) in [6, 6.07) is 0.512. The summed E-state index contributed by atoms with van der Waals surface area (Å²) in [7, 11) is 2.01. The zero-order valence-corrected chi connectivity index (χ0v) is 9.08. The molecule has 0 aromatic carbocycles. The van der Waals surface area contributed by atoms with Gasteiger partial charge >= 0.3 is 0 Å². The van der Waals surface area contributed by atoms with Crippen LogP contribution in [0.4, 0.5) is 0 Å². The minimum absolute atomic E-state index is 0.512. The first-order chi connectivity index (χ1) is 6.81. The number of aromatic nitrogens is 2. The van der Waals surface area contributed by atoms with Crippen molar-refractivity contribution in [2.75, 3.05) is 6.54 Å². The van der Waals surface area contributed by atoms with Gasteiger partial charge < -0.3 is 5.32 Å². The smallest absolute Gasteiger partial charge is 0.0825 e. The van der Waals surface area contributed by atoms with Gasteiger partial charge in [0.2, 0.25) is 0 Å². The monoisotopic (exact) mass is 193 g/mol. The van der Waals surface area contributed by atoms with Crippen LogP contribution in [0.2, 0.25) is 0 Å². The van der Waals surface area contributed by atoms with Gasteiger partial charge in [0.1, 0.15) is 0 Å². The lowest BCUT2D eigenvalue weighted by Crippen LogP contribution is -2.15. The molecule has 2 rings (SSSR count). The average Bonchev–Trinajstić information content (AvgIpc) is 2.74. The number of rotatable bonds is 3. The van der Waals surface area contributed by atoms with Gasteiger partial charge in [0.15, 0.2) is 0 Å². The Morgan fingerprint density at radius 1 is 1.64 bits per heavy atom. The van der Waals surface area contributed by atoms with Gasteiger partial charge in [-0.15, -0.1) is 0 Å². The molecule has 1 atom stereocenters. The van der Waals surface area contributed by atoms with Crippen LogP contribution in [0.3, 0.4) is 0 Å². The van der Waals surface area contributed by atoms with Crippen molar-refractivity contribution in [1.29, 1.82) is 0 Å². The third-order valence-corrected chi connectivity index (χ3v) is 2.85. The number of nitrogens with zero attached hydrogens (tertiary/aromatic N) is 2. The van der Waals surface area contributed by atoms with Crippen LogP contribution in [-0.2, 0) is 13.5 Å². The molecule has 1 aliphatic rings. The minimum atomic E-state index is 0.512. The topological polar surface area (TPSA) is 29.9 Å². The van der Waals surface area contributed by atoms with E-state index in [4.69, 9.17) is 0 Å². The quantitative estimate of drug-likeness (QED) is 0.793. The summed E-state index contributed by atoms with van der Waals surface area (Å²) in [5, 5.41) is 8.07. The van der Waals surface area contributed by atoms with Crippen molar-refractivity contribution in [3.63, 3.8) is 0 Å². The average molecular weight is 193 g/mol. The highest BCUT2D eigenvalue weighted by molar-refractivity contribution is 5.21. The molecule has 1 unspecified atom stereocenters. The highest BCUT2D eigenvalue weighted by Gasteiger charge is 2.21. The standard InChI is InChI=1S/C11H19N3/c1-3-5-9-8-14(2)13-11(9)10-6-4-7-12-10/h8,10,12H,3-7H2,1-2H3. The van der Waals surface area contributed by atoms with Crippen LogP contribution in [0.15, 0.2) is 6.20 Å². The molecule has 0 spiro atoms. The van der Waals surface area contributed by atoms with Crippen LogP contribution in [0.1, 0.15) is 43.5 Å². The van der Waals surface area contributed by atoms with Crippen LogP contribution in [0.25, 0.3) is 0 Å². The first-order valence-electron chi connectivity index (χ1n) is 5.57. The molecule has 0 saturated carbocycles. The largest absolute Gasteiger partial charge is 0.309 e. The van der Waals surface area contributed by atoms with Crippen LogP contribution in [0.5, 0.6) is 0 Å². The van der Waals surface area contributed by atoms with Crippen molar-refractivity contribution in [1.82, 2.24) is 15.1 Å². The molecule has 2 heterocycles. The van der Waals surface area contributed by atoms with Crippen LogP contribution >= 0.6 is 0 Å². The Labute approximate surface area is 85.5 Å². The maximum Gasteiger partial charge on any atom is 0.0825 e. The van der Waals surface area contributed by atoms with Crippen LogP contribution < -0.4 is 5.32 Å². The Morgan fingerprint density at radius 3 is 3.14 bits per heavy atom. The van der Waals surface area contributed by atoms with Crippen molar-refractivity contribution in [2.45, 2.75) is 38.6 Å². The molecular weight excluding hydrogens is 174 g/mol. The predicted octanol–water partition coefficient (Wildman–Crippen LogP) is 1.80. The normalized spacial score (nSPS) is 21.7. The molecular formula is C11H19N3. The first-order valence-corrected chi connectivity index (χ1v) is 5.57. The molecule has 1 aromatic heterocycles. The fourth-order valence-electron chi connectivity index (χ4n) is 2.23. The number of hydrogen-bond donors (Lipinski definition) is 1. The second-order valence-corrected chi connectivity index (χ2v) is 4.11. The molecule has 1 fully saturated rings. The molecule has 0 radical (unpaired) electrons. The maximum atomic E-state index is 4.57. The Morgan fingerprint density at radius 2 is 2.50 bits per heavy atom. The van der Waals surface area contributed by atoms with E-state index in [0.29, 0.717) is 6.04 Å². The van der Waals surface area contributed by atoms with Crippen LogP contribution in [-0.4, -0.2) is 16.3 Å². The van der Waals surface area contributed by atoms with Crippen molar-refractivity contribution in [3.05, 3.63) is 17.5 Å². The Bertz CT molecular complexity index is 297. The fourth-order valence-corrected chi connectivity index (χ4v) is 2.23. The molecule has 1 aliphatic heterocycles. The van der Waals surface area contributed by atoms with Crippen molar-refractivity contribution >= 4 is 0 Å². The van der Waals surface area contributed by atoms with Gasteiger partial charge in [0.05, 0.1) is 11.7 Å². The van der Waals surface area contributed by atoms with Gasteiger partial charge in [-0.25, -0.2) is 0 Å². The van der Waals surface area contributed by atoms with Gasteiger partial charge in [-0.3, -0.25) is 4.68 Å². The molecule has 1 N–H and O–H groups in total. The summed E-state index contributed by atoms with van der Waals surface area (Å²) in [5.41, 5.74) is 2.71. The predicted molar refractivity (Wildman–Crippen MR) is 57.2 cm³/mol. The van der Waals surface area contributed by atoms with Crippen molar-refractivity contribution in [3.8, 4) is 0 Å². The summed E-state index contributed by atoms with van der Waals surface area (Å²) < 4.78 is 1.94. The van der Waals surface area contributed by atoms with E-state index in [-0.39, 0.29) is 0 Å². The van der Waals surface area contributed by atoms with Crippen molar-refractivity contribution < 1.29 is 0 Å². The van der Waals surface area contributed by atoms with Crippen LogP contribution in [0, 0.1) is 0 Å². The van der Waals surface area contributed by atoms with E-state index in [1.807, 2.05) is 11.7 Å². The maximum absolute atomic E-state index is 4.57. The van der Waals surface area contributed by atoms with E-state index in [1.165, 1.54) is 30.5 Å². The number of nitrogens with one attached hydrogen (secondary N) is 1. The van der Waals surface area contributed by atoms with Crippen molar-refractivity contribution in [2.24, 2.45) is 7.05 Å². The summed E-state index contributed by atoms with van der Waals surface area (Å²) in [4.78, 5) is 0. The van der Waals surface area contributed by atoms with E-state index in [1.54, 1.807) is 0 Å².